The Balaban J connectivity index is 2.37. The molecule has 0 saturated carbocycles. The van der Waals surface area contributed by atoms with E-state index in [2.05, 4.69) is 15.5 Å². The van der Waals surface area contributed by atoms with Crippen LogP contribution in [0.2, 0.25) is 0 Å². The van der Waals surface area contributed by atoms with E-state index < -0.39 is 0 Å². The van der Waals surface area contributed by atoms with Crippen molar-refractivity contribution in [3.05, 3.63) is 12.3 Å². The molecule has 0 aliphatic rings. The Morgan fingerprint density at radius 2 is 2.64 bits per heavy atom. The number of H-pyrrole nitrogens is 1. The number of carbonyl (C=O) groups is 1. The average Bonchev–Trinajstić information content (AvgIpc) is 2.40. The number of carbonyl (C=O) groups excluding carboxylic acids is 1. The third kappa shape index (κ3) is 2.41. The number of hydrogen-bond acceptors (Lipinski definition) is 2. The zero-order chi connectivity index (χ0) is 8.10. The minimum atomic E-state index is 0.0248. The number of nitrogens with one attached hydrogen (secondary N) is 2. The Morgan fingerprint density at radius 1 is 1.82 bits per heavy atom. The van der Waals surface area contributed by atoms with Crippen LogP contribution in [0, 0.1) is 0 Å². The molecule has 1 rings (SSSR count). The Labute approximate surface area is 65.0 Å². The van der Waals surface area contributed by atoms with Gasteiger partial charge in [-0.2, -0.15) is 5.10 Å². The lowest BCUT2D eigenvalue weighted by Crippen LogP contribution is -2.10. The van der Waals surface area contributed by atoms with Gasteiger partial charge in [-0.05, 0) is 6.42 Å². The molecule has 0 spiro atoms. The fourth-order valence-corrected chi connectivity index (χ4v) is 0.765. The molecule has 4 nitrogen and oxygen atoms in total. The van der Waals surface area contributed by atoms with Crippen LogP contribution in [0.4, 0.5) is 5.82 Å². The van der Waals surface area contributed by atoms with Crippen LogP contribution in [-0.2, 0) is 4.79 Å². The molecule has 0 bridgehead atoms. The van der Waals surface area contributed by atoms with Crippen LogP contribution >= 0.6 is 0 Å². The largest absolute Gasteiger partial charge is 0.311 e. The maximum Gasteiger partial charge on any atom is 0.225 e. The van der Waals surface area contributed by atoms with Crippen molar-refractivity contribution in [2.75, 3.05) is 5.32 Å². The van der Waals surface area contributed by atoms with Gasteiger partial charge in [0.05, 0.1) is 6.20 Å². The molecule has 2 N–H and O–H groups in total. The van der Waals surface area contributed by atoms with E-state index >= 15 is 0 Å². The third-order valence-corrected chi connectivity index (χ3v) is 1.25. The summed E-state index contributed by atoms with van der Waals surface area (Å²) in [5.74, 6) is 0.681. The van der Waals surface area contributed by atoms with Gasteiger partial charge in [0.25, 0.3) is 0 Å². The van der Waals surface area contributed by atoms with Crippen LogP contribution in [0.15, 0.2) is 12.3 Å². The highest BCUT2D eigenvalue weighted by Crippen LogP contribution is 1.99. The number of aromatic amines is 1. The van der Waals surface area contributed by atoms with E-state index in [1.807, 2.05) is 6.92 Å². The molecule has 1 heterocycles. The zero-order valence-corrected chi connectivity index (χ0v) is 6.42. The van der Waals surface area contributed by atoms with Crippen LogP contribution in [0.1, 0.15) is 19.8 Å². The third-order valence-electron chi connectivity index (χ3n) is 1.25. The van der Waals surface area contributed by atoms with Crippen LogP contribution in [0.3, 0.4) is 0 Å². The molecule has 4 heteroatoms. The summed E-state index contributed by atoms with van der Waals surface area (Å²) >= 11 is 0. The van der Waals surface area contributed by atoms with Gasteiger partial charge in [-0.1, -0.05) is 6.92 Å². The first-order valence-corrected chi connectivity index (χ1v) is 3.62. The van der Waals surface area contributed by atoms with Crippen LogP contribution in [0.25, 0.3) is 0 Å². The van der Waals surface area contributed by atoms with E-state index in [1.54, 1.807) is 12.3 Å². The summed E-state index contributed by atoms with van der Waals surface area (Å²) in [7, 11) is 0. The first-order valence-electron chi connectivity index (χ1n) is 3.62. The number of amides is 1. The lowest BCUT2D eigenvalue weighted by Gasteiger charge is -1.98. The molecule has 0 aliphatic heterocycles. The first kappa shape index (κ1) is 7.78. The van der Waals surface area contributed by atoms with E-state index in [9.17, 15) is 4.79 Å². The molecular formula is C7H11N3O. The summed E-state index contributed by atoms with van der Waals surface area (Å²) in [4.78, 5) is 11.0. The summed E-state index contributed by atoms with van der Waals surface area (Å²) in [5.41, 5.74) is 0. The minimum absolute atomic E-state index is 0.0248. The second-order valence-electron chi connectivity index (χ2n) is 2.27. The van der Waals surface area contributed by atoms with Crippen LogP contribution in [0.5, 0.6) is 0 Å². The lowest BCUT2D eigenvalue weighted by atomic mass is 10.3. The molecule has 0 fully saturated rings. The maximum atomic E-state index is 11.0. The van der Waals surface area contributed by atoms with Crippen molar-refractivity contribution < 1.29 is 4.79 Å². The predicted octanol–water partition coefficient (Wildman–Crippen LogP) is 1.15. The van der Waals surface area contributed by atoms with Gasteiger partial charge in [0.2, 0.25) is 5.91 Å². The fourth-order valence-electron chi connectivity index (χ4n) is 0.765. The van der Waals surface area contributed by atoms with Crippen molar-refractivity contribution in [3.63, 3.8) is 0 Å². The molecule has 11 heavy (non-hydrogen) atoms. The quantitative estimate of drug-likeness (QED) is 0.684. The van der Waals surface area contributed by atoms with E-state index in [1.165, 1.54) is 0 Å². The van der Waals surface area contributed by atoms with Crippen LogP contribution < -0.4 is 5.32 Å². The van der Waals surface area contributed by atoms with E-state index in [0.29, 0.717) is 12.2 Å². The Morgan fingerprint density at radius 3 is 3.18 bits per heavy atom. The molecule has 0 atom stereocenters. The monoisotopic (exact) mass is 153 g/mol. The number of hydrogen-bond donors (Lipinski definition) is 2. The summed E-state index contributed by atoms with van der Waals surface area (Å²) in [6, 6.07) is 1.72. The van der Waals surface area contributed by atoms with E-state index in [0.717, 1.165) is 6.42 Å². The standard InChI is InChI=1S/C7H11N3O/c1-2-3-7(11)9-6-4-5-8-10-6/h4-5H,2-3H2,1H3,(H2,8,9,10,11). The molecule has 1 aromatic rings. The van der Waals surface area contributed by atoms with Crippen LogP contribution in [-0.4, -0.2) is 16.1 Å². The predicted molar refractivity (Wildman–Crippen MR) is 42.1 cm³/mol. The van der Waals surface area contributed by atoms with Gasteiger partial charge in [-0.3, -0.25) is 9.89 Å². The molecule has 0 saturated heterocycles. The van der Waals surface area contributed by atoms with Gasteiger partial charge in [-0.25, -0.2) is 0 Å². The SMILES string of the molecule is CCCC(=O)Nc1ccn[nH]1. The topological polar surface area (TPSA) is 57.8 Å². The van der Waals surface area contributed by atoms with Gasteiger partial charge in [0, 0.05) is 12.5 Å². The highest BCUT2D eigenvalue weighted by atomic mass is 16.1. The highest BCUT2D eigenvalue weighted by molar-refractivity contribution is 5.89. The summed E-state index contributed by atoms with van der Waals surface area (Å²) in [6.07, 6.45) is 3.01. The molecule has 0 aromatic carbocycles. The van der Waals surface area contributed by atoms with Gasteiger partial charge in [0.1, 0.15) is 5.82 Å². The molecule has 0 unspecified atom stereocenters. The first-order chi connectivity index (χ1) is 5.33. The molecule has 1 amide bonds. The summed E-state index contributed by atoms with van der Waals surface area (Å²) in [5, 5.41) is 9.01. The lowest BCUT2D eigenvalue weighted by molar-refractivity contribution is -0.116. The van der Waals surface area contributed by atoms with Gasteiger partial charge < -0.3 is 5.32 Å². The smallest absolute Gasteiger partial charge is 0.225 e. The van der Waals surface area contributed by atoms with Crippen molar-refractivity contribution in [2.45, 2.75) is 19.8 Å². The second-order valence-corrected chi connectivity index (χ2v) is 2.27. The van der Waals surface area contributed by atoms with Crippen molar-refractivity contribution in [1.29, 1.82) is 0 Å². The van der Waals surface area contributed by atoms with Crippen molar-refractivity contribution in [1.82, 2.24) is 10.2 Å². The van der Waals surface area contributed by atoms with E-state index in [-0.39, 0.29) is 5.91 Å². The zero-order valence-electron chi connectivity index (χ0n) is 6.42. The number of rotatable bonds is 3. The van der Waals surface area contributed by atoms with Crippen molar-refractivity contribution in [3.8, 4) is 0 Å². The van der Waals surface area contributed by atoms with Gasteiger partial charge in [-0.15, -0.1) is 0 Å². The molecule has 0 aliphatic carbocycles. The summed E-state index contributed by atoms with van der Waals surface area (Å²) < 4.78 is 0. The normalized spacial score (nSPS) is 9.55. The number of nitrogens with zero attached hydrogens (tertiary/aromatic N) is 1. The molecular weight excluding hydrogens is 142 g/mol. The Kier molecular flexibility index (Phi) is 2.66. The van der Waals surface area contributed by atoms with E-state index in [4.69, 9.17) is 0 Å². The fraction of sp³-hybridized carbons (Fsp3) is 0.429. The number of anilines is 1. The summed E-state index contributed by atoms with van der Waals surface area (Å²) in [6.45, 7) is 1.96. The highest BCUT2D eigenvalue weighted by Gasteiger charge is 1.99. The molecule has 60 valence electrons. The van der Waals surface area contributed by atoms with Gasteiger partial charge in [0.15, 0.2) is 0 Å². The average molecular weight is 153 g/mol. The van der Waals surface area contributed by atoms with Crippen molar-refractivity contribution in [2.24, 2.45) is 0 Å². The molecule has 0 radical (unpaired) electrons. The second kappa shape index (κ2) is 3.75. The maximum absolute atomic E-state index is 11.0. The number of aromatic nitrogens is 2. The van der Waals surface area contributed by atoms with Gasteiger partial charge >= 0.3 is 0 Å². The Bertz CT molecular complexity index is 218. The van der Waals surface area contributed by atoms with Crippen molar-refractivity contribution >= 4 is 11.7 Å². The minimum Gasteiger partial charge on any atom is -0.311 e. The Hall–Kier alpha value is -1.32. The molecule has 1 aromatic heterocycles.